The minimum Gasteiger partial charge on any atom is -0.493 e. The van der Waals surface area contributed by atoms with Crippen LogP contribution in [0, 0.1) is 0 Å². The van der Waals surface area contributed by atoms with E-state index in [0.29, 0.717) is 12.6 Å². The van der Waals surface area contributed by atoms with Gasteiger partial charge in [-0.25, -0.2) is 0 Å². The summed E-state index contributed by atoms with van der Waals surface area (Å²) < 4.78 is 5.89. The van der Waals surface area contributed by atoms with Crippen molar-refractivity contribution in [1.82, 2.24) is 10.3 Å². The summed E-state index contributed by atoms with van der Waals surface area (Å²) in [6, 6.07) is 12.1. The summed E-state index contributed by atoms with van der Waals surface area (Å²) in [4.78, 5) is 4.29. The lowest BCUT2D eigenvalue weighted by molar-refractivity contribution is 0.316. The number of nitrogens with zero attached hydrogens (tertiary/aromatic N) is 1. The molecule has 3 nitrogen and oxygen atoms in total. The normalized spacial score (nSPS) is 10.9. The monoisotopic (exact) mass is 304 g/mol. The third-order valence-electron chi connectivity index (χ3n) is 3.07. The molecule has 1 N–H and O–H groups in total. The van der Waals surface area contributed by atoms with Crippen LogP contribution in [0.3, 0.4) is 0 Å². The van der Waals surface area contributed by atoms with E-state index in [4.69, 9.17) is 16.3 Å². The molecule has 0 aliphatic rings. The predicted octanol–water partition coefficient (Wildman–Crippen LogP) is 3.85. The van der Waals surface area contributed by atoms with Gasteiger partial charge in [0.2, 0.25) is 0 Å². The van der Waals surface area contributed by atoms with Gasteiger partial charge in [-0.15, -0.1) is 0 Å². The summed E-state index contributed by atoms with van der Waals surface area (Å²) in [5.74, 6) is 0.878. The standard InChI is InChI=1S/C17H21ClN2O/c1-13(2)20-12-14-11-15(18)6-7-17(14)21-10-8-16-5-3-4-9-19-16/h3-7,9,11,13,20H,8,10,12H2,1-2H3. The third-order valence-corrected chi connectivity index (χ3v) is 3.30. The minimum atomic E-state index is 0.422. The molecule has 0 aliphatic heterocycles. The van der Waals surface area contributed by atoms with E-state index >= 15 is 0 Å². The second kappa shape index (κ2) is 8.01. The zero-order valence-corrected chi connectivity index (χ0v) is 13.2. The van der Waals surface area contributed by atoms with Crippen molar-refractivity contribution in [2.45, 2.75) is 32.9 Å². The van der Waals surface area contributed by atoms with E-state index < -0.39 is 0 Å². The van der Waals surface area contributed by atoms with Crippen LogP contribution in [-0.2, 0) is 13.0 Å². The lowest BCUT2D eigenvalue weighted by atomic mass is 10.2. The highest BCUT2D eigenvalue weighted by Crippen LogP contribution is 2.23. The SMILES string of the molecule is CC(C)NCc1cc(Cl)ccc1OCCc1ccccn1. The second-order valence-electron chi connectivity index (χ2n) is 5.21. The summed E-state index contributed by atoms with van der Waals surface area (Å²) in [7, 11) is 0. The molecule has 4 heteroatoms. The molecule has 0 atom stereocenters. The van der Waals surface area contributed by atoms with E-state index in [1.54, 1.807) is 6.20 Å². The molecule has 0 bridgehead atoms. The third kappa shape index (κ3) is 5.37. The van der Waals surface area contributed by atoms with Crippen molar-refractivity contribution in [3.05, 3.63) is 58.9 Å². The molecule has 2 rings (SSSR count). The number of hydrogen-bond acceptors (Lipinski definition) is 3. The number of halogens is 1. The summed E-state index contributed by atoms with van der Waals surface area (Å²) in [6.07, 6.45) is 2.59. The van der Waals surface area contributed by atoms with Gasteiger partial charge in [-0.2, -0.15) is 0 Å². The average molecular weight is 305 g/mol. The molecule has 0 amide bonds. The maximum atomic E-state index is 6.07. The Morgan fingerprint density at radius 1 is 1.24 bits per heavy atom. The van der Waals surface area contributed by atoms with Gasteiger partial charge < -0.3 is 10.1 Å². The van der Waals surface area contributed by atoms with E-state index in [1.165, 1.54) is 0 Å². The van der Waals surface area contributed by atoms with Crippen LogP contribution in [0.2, 0.25) is 5.02 Å². The van der Waals surface area contributed by atoms with Crippen molar-refractivity contribution in [3.63, 3.8) is 0 Å². The summed E-state index contributed by atoms with van der Waals surface area (Å²) in [5, 5.41) is 4.12. The Hall–Kier alpha value is -1.58. The van der Waals surface area contributed by atoms with E-state index in [1.807, 2.05) is 36.4 Å². The number of nitrogens with one attached hydrogen (secondary N) is 1. The molecule has 0 saturated carbocycles. The molecule has 21 heavy (non-hydrogen) atoms. The van der Waals surface area contributed by atoms with Crippen LogP contribution in [-0.4, -0.2) is 17.6 Å². The maximum Gasteiger partial charge on any atom is 0.123 e. The van der Waals surface area contributed by atoms with E-state index in [2.05, 4.69) is 24.1 Å². The molecular weight excluding hydrogens is 284 g/mol. The molecule has 2 aromatic rings. The van der Waals surface area contributed by atoms with Crippen LogP contribution in [0.1, 0.15) is 25.1 Å². The summed E-state index contributed by atoms with van der Waals surface area (Å²) >= 11 is 6.07. The van der Waals surface area contributed by atoms with Crippen LogP contribution >= 0.6 is 11.6 Å². The van der Waals surface area contributed by atoms with E-state index in [-0.39, 0.29) is 0 Å². The Morgan fingerprint density at radius 3 is 2.81 bits per heavy atom. The smallest absolute Gasteiger partial charge is 0.123 e. The number of pyridine rings is 1. The molecule has 0 spiro atoms. The fourth-order valence-electron chi connectivity index (χ4n) is 1.95. The van der Waals surface area contributed by atoms with Gasteiger partial charge in [0.05, 0.1) is 6.61 Å². The largest absolute Gasteiger partial charge is 0.493 e. The van der Waals surface area contributed by atoms with Crippen LogP contribution in [0.25, 0.3) is 0 Å². The van der Waals surface area contributed by atoms with Crippen molar-refractivity contribution in [3.8, 4) is 5.75 Å². The van der Waals surface area contributed by atoms with Crippen LogP contribution < -0.4 is 10.1 Å². The summed E-state index contributed by atoms with van der Waals surface area (Å²) in [5.41, 5.74) is 2.12. The lowest BCUT2D eigenvalue weighted by Gasteiger charge is -2.14. The molecular formula is C17H21ClN2O. The molecule has 1 aromatic heterocycles. The fourth-order valence-corrected chi connectivity index (χ4v) is 2.15. The number of aromatic nitrogens is 1. The van der Waals surface area contributed by atoms with E-state index in [0.717, 1.165) is 35.0 Å². The lowest BCUT2D eigenvalue weighted by Crippen LogP contribution is -2.22. The van der Waals surface area contributed by atoms with Crippen molar-refractivity contribution in [1.29, 1.82) is 0 Å². The Bertz CT molecular complexity index is 558. The van der Waals surface area contributed by atoms with Gasteiger partial charge in [0, 0.05) is 41.5 Å². The minimum absolute atomic E-state index is 0.422. The maximum absolute atomic E-state index is 6.07. The van der Waals surface area contributed by atoms with Gasteiger partial charge in [0.1, 0.15) is 5.75 Å². The molecule has 112 valence electrons. The van der Waals surface area contributed by atoms with Gasteiger partial charge in [-0.05, 0) is 30.3 Å². The van der Waals surface area contributed by atoms with Crippen molar-refractivity contribution in [2.24, 2.45) is 0 Å². The molecule has 0 unspecified atom stereocenters. The number of ether oxygens (including phenoxy) is 1. The topological polar surface area (TPSA) is 34.1 Å². The average Bonchev–Trinajstić information content (AvgIpc) is 2.48. The molecule has 0 aliphatic carbocycles. The Balaban J connectivity index is 1.95. The first-order valence-electron chi connectivity index (χ1n) is 7.19. The van der Waals surface area contributed by atoms with Gasteiger partial charge in [0.25, 0.3) is 0 Å². The first-order valence-corrected chi connectivity index (χ1v) is 7.57. The Kier molecular flexibility index (Phi) is 6.03. The highest BCUT2D eigenvalue weighted by Gasteiger charge is 2.06. The van der Waals surface area contributed by atoms with Crippen LogP contribution in [0.15, 0.2) is 42.6 Å². The van der Waals surface area contributed by atoms with Crippen molar-refractivity contribution in [2.75, 3.05) is 6.61 Å². The molecule has 0 fully saturated rings. The van der Waals surface area contributed by atoms with Gasteiger partial charge in [0.15, 0.2) is 0 Å². The number of rotatable bonds is 7. The van der Waals surface area contributed by atoms with Crippen LogP contribution in [0.4, 0.5) is 0 Å². The van der Waals surface area contributed by atoms with Crippen molar-refractivity contribution >= 4 is 11.6 Å². The quantitative estimate of drug-likeness (QED) is 0.843. The van der Waals surface area contributed by atoms with Gasteiger partial charge >= 0.3 is 0 Å². The number of hydrogen-bond donors (Lipinski definition) is 1. The highest BCUT2D eigenvalue weighted by atomic mass is 35.5. The molecule has 0 saturated heterocycles. The van der Waals surface area contributed by atoms with Crippen LogP contribution in [0.5, 0.6) is 5.75 Å². The Labute approximate surface area is 131 Å². The van der Waals surface area contributed by atoms with Gasteiger partial charge in [-0.1, -0.05) is 31.5 Å². The fraction of sp³-hybridized carbons (Fsp3) is 0.353. The molecule has 1 aromatic carbocycles. The second-order valence-corrected chi connectivity index (χ2v) is 5.64. The Morgan fingerprint density at radius 2 is 2.10 bits per heavy atom. The first kappa shape index (κ1) is 15.8. The molecule has 0 radical (unpaired) electrons. The highest BCUT2D eigenvalue weighted by molar-refractivity contribution is 6.30. The summed E-state index contributed by atoms with van der Waals surface area (Å²) in [6.45, 7) is 5.59. The zero-order chi connectivity index (χ0) is 15.1. The zero-order valence-electron chi connectivity index (χ0n) is 12.5. The first-order chi connectivity index (χ1) is 10.1. The predicted molar refractivity (Wildman–Crippen MR) is 86.9 cm³/mol. The molecule has 1 heterocycles. The van der Waals surface area contributed by atoms with Crippen molar-refractivity contribution < 1.29 is 4.74 Å². The van der Waals surface area contributed by atoms with Gasteiger partial charge in [-0.3, -0.25) is 4.98 Å². The number of benzene rings is 1. The van der Waals surface area contributed by atoms with E-state index in [9.17, 15) is 0 Å².